The minimum absolute atomic E-state index is 0.253. The lowest BCUT2D eigenvalue weighted by Crippen LogP contribution is -2.23. The molecule has 3 rings (SSSR count). The number of nitrogens with two attached hydrogens (primary N) is 1. The lowest BCUT2D eigenvalue weighted by atomic mass is 9.86. The zero-order valence-electron chi connectivity index (χ0n) is 18.6. The van der Waals surface area contributed by atoms with E-state index in [-0.39, 0.29) is 11.5 Å². The van der Waals surface area contributed by atoms with Crippen molar-refractivity contribution in [3.8, 4) is 11.5 Å². The van der Waals surface area contributed by atoms with Gasteiger partial charge in [-0.3, -0.25) is 0 Å². The zero-order chi connectivity index (χ0) is 22.6. The number of benzene rings is 3. The minimum Gasteiger partial charge on any atom is -0.508 e. The average molecular weight is 431 g/mol. The predicted molar refractivity (Wildman–Crippen MR) is 134 cm³/mol. The minimum atomic E-state index is 0.253. The van der Waals surface area contributed by atoms with Crippen molar-refractivity contribution >= 4 is 11.1 Å². The van der Waals surface area contributed by atoms with Crippen molar-refractivity contribution < 1.29 is 10.2 Å². The Morgan fingerprint density at radius 1 is 0.625 bits per heavy atom. The van der Waals surface area contributed by atoms with E-state index in [0.29, 0.717) is 6.54 Å². The van der Waals surface area contributed by atoms with Gasteiger partial charge in [-0.05, 0) is 77.9 Å². The standard InChI is InChI=1S/C28H34N2O2/c29-19-21-30-20-7-2-1-6-10-27(22-8-4-3-5-9-22)28(23-11-15-25(31)16-12-23)24-13-17-26(32)18-14-24/h3-5,8-9,11-18,30-32H,1-2,6-7,10,19-21,29H2. The summed E-state index contributed by atoms with van der Waals surface area (Å²) in [5, 5.41) is 23.0. The summed E-state index contributed by atoms with van der Waals surface area (Å²) in [4.78, 5) is 0. The highest BCUT2D eigenvalue weighted by Gasteiger charge is 2.14. The highest BCUT2D eigenvalue weighted by Crippen LogP contribution is 2.36. The van der Waals surface area contributed by atoms with Gasteiger partial charge < -0.3 is 21.3 Å². The van der Waals surface area contributed by atoms with Gasteiger partial charge in [0.1, 0.15) is 11.5 Å². The van der Waals surface area contributed by atoms with E-state index in [0.717, 1.165) is 49.1 Å². The van der Waals surface area contributed by atoms with Gasteiger partial charge in [0.15, 0.2) is 0 Å². The molecule has 0 unspecified atom stereocenters. The molecule has 0 aliphatic rings. The Morgan fingerprint density at radius 3 is 1.75 bits per heavy atom. The molecule has 4 heteroatoms. The second kappa shape index (κ2) is 12.7. The number of aromatic hydroxyl groups is 2. The molecule has 168 valence electrons. The van der Waals surface area contributed by atoms with Crippen LogP contribution >= 0.6 is 0 Å². The molecule has 0 saturated carbocycles. The van der Waals surface area contributed by atoms with Crippen molar-refractivity contribution in [1.82, 2.24) is 5.32 Å². The third-order valence-corrected chi connectivity index (χ3v) is 5.59. The Bertz CT molecular complexity index is 917. The summed E-state index contributed by atoms with van der Waals surface area (Å²) in [5.74, 6) is 0.506. The van der Waals surface area contributed by atoms with Gasteiger partial charge in [0.25, 0.3) is 0 Å². The van der Waals surface area contributed by atoms with Crippen LogP contribution in [0.5, 0.6) is 11.5 Å². The topological polar surface area (TPSA) is 78.5 Å². The van der Waals surface area contributed by atoms with Gasteiger partial charge in [-0.25, -0.2) is 0 Å². The third kappa shape index (κ3) is 6.98. The van der Waals surface area contributed by atoms with Crippen molar-refractivity contribution in [2.24, 2.45) is 5.73 Å². The Hall–Kier alpha value is -3.08. The molecule has 0 heterocycles. The molecule has 0 spiro atoms. The molecule has 3 aromatic carbocycles. The van der Waals surface area contributed by atoms with E-state index in [2.05, 4.69) is 29.6 Å². The predicted octanol–water partition coefficient (Wildman–Crippen LogP) is 5.56. The Balaban J connectivity index is 1.90. The van der Waals surface area contributed by atoms with Gasteiger partial charge in [0, 0.05) is 13.1 Å². The lowest BCUT2D eigenvalue weighted by Gasteiger charge is -2.18. The van der Waals surface area contributed by atoms with E-state index in [1.165, 1.54) is 24.0 Å². The van der Waals surface area contributed by atoms with Gasteiger partial charge in [-0.2, -0.15) is 0 Å². The van der Waals surface area contributed by atoms with Crippen molar-refractivity contribution in [3.05, 3.63) is 95.6 Å². The van der Waals surface area contributed by atoms with Crippen LogP contribution in [-0.4, -0.2) is 29.8 Å². The summed E-state index contributed by atoms with van der Waals surface area (Å²) in [7, 11) is 0. The summed E-state index contributed by atoms with van der Waals surface area (Å²) >= 11 is 0. The number of phenolic OH excluding ortho intramolecular Hbond substituents is 2. The maximum absolute atomic E-state index is 9.82. The number of rotatable bonds is 12. The van der Waals surface area contributed by atoms with Crippen LogP contribution in [0.2, 0.25) is 0 Å². The van der Waals surface area contributed by atoms with E-state index in [4.69, 9.17) is 5.73 Å². The van der Waals surface area contributed by atoms with Gasteiger partial charge in [-0.1, -0.05) is 67.4 Å². The zero-order valence-corrected chi connectivity index (χ0v) is 18.6. The summed E-state index contributed by atoms with van der Waals surface area (Å²) in [6.07, 6.45) is 5.57. The molecular formula is C28H34N2O2. The van der Waals surface area contributed by atoms with Crippen LogP contribution in [0.4, 0.5) is 0 Å². The molecule has 5 N–H and O–H groups in total. The number of allylic oxidation sites excluding steroid dienone is 1. The first-order valence-electron chi connectivity index (χ1n) is 11.5. The third-order valence-electron chi connectivity index (χ3n) is 5.59. The monoisotopic (exact) mass is 430 g/mol. The summed E-state index contributed by atoms with van der Waals surface area (Å²) < 4.78 is 0. The first-order chi connectivity index (χ1) is 15.7. The maximum Gasteiger partial charge on any atom is 0.115 e. The van der Waals surface area contributed by atoms with E-state index in [9.17, 15) is 10.2 Å². The molecule has 0 atom stereocenters. The first-order valence-corrected chi connectivity index (χ1v) is 11.5. The molecule has 0 aromatic heterocycles. The van der Waals surface area contributed by atoms with E-state index in [1.807, 2.05) is 30.3 Å². The summed E-state index contributed by atoms with van der Waals surface area (Å²) in [6, 6.07) is 25.3. The molecule has 32 heavy (non-hydrogen) atoms. The highest BCUT2D eigenvalue weighted by molar-refractivity contribution is 5.98. The molecule has 0 amide bonds. The second-order valence-electron chi connectivity index (χ2n) is 8.02. The van der Waals surface area contributed by atoms with Crippen molar-refractivity contribution in [2.75, 3.05) is 19.6 Å². The van der Waals surface area contributed by atoms with Crippen molar-refractivity contribution in [2.45, 2.75) is 32.1 Å². The molecule has 3 aromatic rings. The van der Waals surface area contributed by atoms with Crippen molar-refractivity contribution in [1.29, 1.82) is 0 Å². The molecule has 0 aliphatic carbocycles. The molecular weight excluding hydrogens is 396 g/mol. The maximum atomic E-state index is 9.82. The molecule has 4 nitrogen and oxygen atoms in total. The molecule has 0 bridgehead atoms. The quantitative estimate of drug-likeness (QED) is 0.224. The average Bonchev–Trinajstić information content (AvgIpc) is 2.82. The number of hydrogen-bond acceptors (Lipinski definition) is 4. The largest absolute Gasteiger partial charge is 0.508 e. The van der Waals surface area contributed by atoms with Gasteiger partial charge >= 0.3 is 0 Å². The van der Waals surface area contributed by atoms with Gasteiger partial charge in [0.2, 0.25) is 0 Å². The molecule has 0 aliphatic heterocycles. The lowest BCUT2D eigenvalue weighted by molar-refractivity contribution is 0.475. The molecule has 0 fully saturated rings. The summed E-state index contributed by atoms with van der Waals surface area (Å²) in [5.41, 5.74) is 11.3. The Morgan fingerprint density at radius 2 is 1.19 bits per heavy atom. The number of unbranched alkanes of at least 4 members (excludes halogenated alkanes) is 3. The first kappa shape index (κ1) is 23.6. The van der Waals surface area contributed by atoms with E-state index < -0.39 is 0 Å². The van der Waals surface area contributed by atoms with Crippen LogP contribution < -0.4 is 11.1 Å². The summed E-state index contributed by atoms with van der Waals surface area (Å²) in [6.45, 7) is 2.58. The second-order valence-corrected chi connectivity index (χ2v) is 8.02. The van der Waals surface area contributed by atoms with E-state index >= 15 is 0 Å². The fraction of sp³-hybridized carbons (Fsp3) is 0.286. The number of hydrogen-bond donors (Lipinski definition) is 4. The molecule has 0 saturated heterocycles. The smallest absolute Gasteiger partial charge is 0.115 e. The van der Waals surface area contributed by atoms with E-state index in [1.54, 1.807) is 24.3 Å². The molecule has 0 radical (unpaired) electrons. The SMILES string of the molecule is NCCNCCCCCCC(=C(c1ccc(O)cc1)c1ccc(O)cc1)c1ccccc1. The fourth-order valence-electron chi connectivity index (χ4n) is 3.96. The Labute approximate surface area is 191 Å². The van der Waals surface area contributed by atoms with Crippen LogP contribution in [0.3, 0.4) is 0 Å². The highest BCUT2D eigenvalue weighted by atomic mass is 16.3. The number of phenols is 2. The normalized spacial score (nSPS) is 10.8. The van der Waals surface area contributed by atoms with Crippen LogP contribution in [0.25, 0.3) is 11.1 Å². The van der Waals surface area contributed by atoms with Crippen molar-refractivity contribution in [3.63, 3.8) is 0 Å². The van der Waals surface area contributed by atoms with Gasteiger partial charge in [-0.15, -0.1) is 0 Å². The van der Waals surface area contributed by atoms with Gasteiger partial charge in [0.05, 0.1) is 0 Å². The fourth-order valence-corrected chi connectivity index (χ4v) is 3.96. The van der Waals surface area contributed by atoms with Crippen LogP contribution in [0.15, 0.2) is 78.9 Å². The number of nitrogens with one attached hydrogen (secondary N) is 1. The Kier molecular flexibility index (Phi) is 9.36. The van der Waals surface area contributed by atoms with Crippen LogP contribution in [0, 0.1) is 0 Å². The van der Waals surface area contributed by atoms with Crippen LogP contribution in [0.1, 0.15) is 48.8 Å². The van der Waals surface area contributed by atoms with Crippen LogP contribution in [-0.2, 0) is 0 Å².